The maximum Gasteiger partial charge on any atom is 0.148 e. The number of phenolic OH excluding ortho intramolecular Hbond substituents is 1. The van der Waals surface area contributed by atoms with E-state index in [0.717, 1.165) is 78.0 Å². The van der Waals surface area contributed by atoms with Crippen LogP contribution >= 0.6 is 0 Å². The Balaban J connectivity index is 0.00000529. The van der Waals surface area contributed by atoms with E-state index in [1.54, 1.807) is 6.07 Å². The van der Waals surface area contributed by atoms with Gasteiger partial charge in [-0.25, -0.2) is 4.98 Å². The van der Waals surface area contributed by atoms with Crippen LogP contribution in [0.15, 0.2) is 170 Å². The number of para-hydroxylation sites is 2. The molecule has 2 heterocycles. The molecule has 61 heavy (non-hydrogen) atoms. The van der Waals surface area contributed by atoms with Crippen LogP contribution in [0.5, 0.6) is 5.75 Å². The molecule has 304 valence electrons. The number of aromatic nitrogens is 3. The molecule has 0 aliphatic heterocycles. The van der Waals surface area contributed by atoms with Gasteiger partial charge in [0.1, 0.15) is 11.6 Å². The van der Waals surface area contributed by atoms with Crippen molar-refractivity contribution in [1.82, 2.24) is 14.5 Å². The molecule has 0 fully saturated rings. The summed E-state index contributed by atoms with van der Waals surface area (Å²) in [7, 11) is 0. The minimum atomic E-state index is -0.824. The fourth-order valence-corrected chi connectivity index (χ4v) is 7.98. The van der Waals surface area contributed by atoms with Crippen molar-refractivity contribution in [1.29, 1.82) is 0 Å². The third-order valence-electron chi connectivity index (χ3n) is 11.4. The van der Waals surface area contributed by atoms with Gasteiger partial charge in [0.2, 0.25) is 0 Å². The topological polar surface area (TPSA) is 50.9 Å². The van der Waals surface area contributed by atoms with Crippen molar-refractivity contribution in [2.45, 2.75) is 52.9 Å². The number of phenols is 1. The van der Waals surface area contributed by atoms with E-state index in [0.29, 0.717) is 11.4 Å². The minimum Gasteiger partial charge on any atom is -0.507 e. The number of rotatable bonds is 8. The molecule has 0 radical (unpaired) electrons. The van der Waals surface area contributed by atoms with Crippen LogP contribution in [-0.2, 0) is 26.5 Å². The first kappa shape index (κ1) is 40.1. The van der Waals surface area contributed by atoms with Crippen molar-refractivity contribution in [3.05, 3.63) is 193 Å². The number of benzene rings is 7. The Bertz CT molecular complexity index is 3050. The monoisotopic (exact) mass is 974 g/mol. The van der Waals surface area contributed by atoms with Crippen molar-refractivity contribution < 1.29 is 27.5 Å². The van der Waals surface area contributed by atoms with Gasteiger partial charge in [0.15, 0.2) is 0 Å². The second-order valence-corrected chi connectivity index (χ2v) is 16.9. The molecular weight excluding hydrogens is 926 g/mol. The summed E-state index contributed by atoms with van der Waals surface area (Å²) in [5.41, 5.74) is 16.3. The van der Waals surface area contributed by atoms with Gasteiger partial charge in [0, 0.05) is 39.9 Å². The van der Waals surface area contributed by atoms with Crippen LogP contribution < -0.4 is 0 Å². The van der Waals surface area contributed by atoms with Crippen LogP contribution in [0, 0.1) is 13.0 Å². The predicted molar refractivity (Wildman–Crippen MR) is 250 cm³/mol. The third kappa shape index (κ3) is 8.26. The van der Waals surface area contributed by atoms with E-state index < -0.39 is 5.89 Å². The summed E-state index contributed by atoms with van der Waals surface area (Å²) >= 11 is 0. The largest absolute Gasteiger partial charge is 0.507 e. The van der Waals surface area contributed by atoms with Gasteiger partial charge in [0.25, 0.3) is 0 Å². The fraction of sp³-hybridized carbons (Fsp3) is 0.143. The second kappa shape index (κ2) is 17.0. The fourth-order valence-electron chi connectivity index (χ4n) is 7.98. The zero-order valence-electron chi connectivity index (χ0n) is 36.3. The summed E-state index contributed by atoms with van der Waals surface area (Å²) in [6.07, 6.45) is 1.87. The van der Waals surface area contributed by atoms with Gasteiger partial charge in [-0.3, -0.25) is 9.55 Å². The molecule has 2 aromatic heterocycles. The number of hydrogen-bond donors (Lipinski definition) is 1. The molecule has 0 bridgehead atoms. The van der Waals surface area contributed by atoms with Crippen LogP contribution in [0.3, 0.4) is 0 Å². The van der Waals surface area contributed by atoms with E-state index >= 15 is 0 Å². The van der Waals surface area contributed by atoms with Crippen molar-refractivity contribution in [3.8, 4) is 78.6 Å². The molecule has 0 atom stereocenters. The molecule has 0 saturated heterocycles. The summed E-state index contributed by atoms with van der Waals surface area (Å²) < 4.78 is 11.2. The van der Waals surface area contributed by atoms with E-state index in [-0.39, 0.29) is 32.2 Å². The van der Waals surface area contributed by atoms with Crippen molar-refractivity contribution >= 4 is 11.0 Å². The quantitative estimate of drug-likeness (QED) is 0.154. The number of imidazole rings is 1. The Morgan fingerprint density at radius 3 is 2.02 bits per heavy atom. The molecule has 0 amide bonds. The van der Waals surface area contributed by atoms with Crippen LogP contribution in [0.25, 0.3) is 83.9 Å². The van der Waals surface area contributed by atoms with E-state index in [9.17, 15) is 5.11 Å². The smallest absolute Gasteiger partial charge is 0.148 e. The number of fused-ring (bicyclic) bond motifs is 1. The maximum atomic E-state index is 11.4. The third-order valence-corrected chi connectivity index (χ3v) is 11.4. The Morgan fingerprint density at radius 2 is 1.30 bits per heavy atom. The molecule has 0 saturated carbocycles. The first-order valence-electron chi connectivity index (χ1n) is 21.0. The van der Waals surface area contributed by atoms with Crippen molar-refractivity contribution in [2.24, 2.45) is 0 Å². The van der Waals surface area contributed by atoms with Gasteiger partial charge in [-0.05, 0) is 88.0 Å². The molecule has 4 nitrogen and oxygen atoms in total. The standard InChI is InChI=1S/C56H48N3O.Pt/c1-36(2)41-25-28-51(49(34-41)40-23-26-46(27-24-40)56(4,5)6)59-52-17-12-16-47(54(52)58-55(59)48-15-10-11-18-53(48)60)44-31-43(38-13-8-7-9-14-38)32-45(33-44)50-35-42(29-30-57-50)39-21-19-37(3)20-22-39;/h7-32,34-36,60H,1-6H3;/q-1;/i36D;. The number of aryl methyl sites for hydroxylation is 1. The normalized spacial score (nSPS) is 11.9. The first-order valence-corrected chi connectivity index (χ1v) is 20.5. The molecule has 0 aliphatic rings. The summed E-state index contributed by atoms with van der Waals surface area (Å²) in [5.74, 6) is -0.0761. The molecule has 5 heteroatoms. The molecular formula is C56H48N3OPt-. The van der Waals surface area contributed by atoms with E-state index in [1.165, 1.54) is 11.1 Å². The molecule has 0 unspecified atom stereocenters. The number of nitrogens with zero attached hydrogens (tertiary/aromatic N) is 3. The number of pyridine rings is 1. The van der Waals surface area contributed by atoms with Crippen molar-refractivity contribution in [3.63, 3.8) is 0 Å². The summed E-state index contributed by atoms with van der Waals surface area (Å²) in [5, 5.41) is 11.4. The van der Waals surface area contributed by atoms with Gasteiger partial charge in [-0.2, -0.15) is 0 Å². The van der Waals surface area contributed by atoms with Gasteiger partial charge in [0.05, 0.1) is 22.3 Å². The number of aromatic hydroxyl groups is 1. The van der Waals surface area contributed by atoms with Crippen LogP contribution in [0.1, 0.15) is 58.6 Å². The molecule has 9 aromatic rings. The summed E-state index contributed by atoms with van der Waals surface area (Å²) in [4.78, 5) is 10.3. The molecule has 1 N–H and O–H groups in total. The molecule has 9 rings (SSSR count). The second-order valence-electron chi connectivity index (χ2n) is 16.9. The zero-order valence-corrected chi connectivity index (χ0v) is 37.5. The molecule has 7 aromatic carbocycles. The van der Waals surface area contributed by atoms with E-state index in [1.807, 2.05) is 50.4 Å². The minimum absolute atomic E-state index is 0. The Kier molecular flexibility index (Phi) is 11.1. The summed E-state index contributed by atoms with van der Waals surface area (Å²) in [6, 6.07) is 60.0. The molecule has 0 aliphatic carbocycles. The van der Waals surface area contributed by atoms with Gasteiger partial charge in [-0.15, -0.1) is 23.8 Å². The van der Waals surface area contributed by atoms with Gasteiger partial charge >= 0.3 is 0 Å². The Labute approximate surface area is 375 Å². The Morgan fingerprint density at radius 1 is 0.623 bits per heavy atom. The SMILES string of the molecule is [2H]C(C)(C)c1ccc(-n2c(-c3ccccc3O)nc3c(-c4[c-]c(-c5cc(-c6ccc(C)cc6)ccn5)cc(-c5ccccc5)c4)cccc32)c(-c2ccc(C(C)(C)C)cc2)c1.[Pt]. The van der Waals surface area contributed by atoms with E-state index in [4.69, 9.17) is 11.3 Å². The van der Waals surface area contributed by atoms with Gasteiger partial charge in [-0.1, -0.05) is 172 Å². The number of hydrogen-bond acceptors (Lipinski definition) is 3. The zero-order chi connectivity index (χ0) is 42.5. The van der Waals surface area contributed by atoms with Gasteiger partial charge < -0.3 is 5.11 Å². The molecule has 0 spiro atoms. The first-order chi connectivity index (χ1) is 29.3. The van der Waals surface area contributed by atoms with Crippen molar-refractivity contribution in [2.75, 3.05) is 0 Å². The average Bonchev–Trinajstić information content (AvgIpc) is 3.65. The Hall–Kier alpha value is -6.35. The van der Waals surface area contributed by atoms with Crippen LogP contribution in [0.4, 0.5) is 0 Å². The predicted octanol–water partition coefficient (Wildman–Crippen LogP) is 14.7. The average molecular weight is 975 g/mol. The summed E-state index contributed by atoms with van der Waals surface area (Å²) in [6.45, 7) is 12.6. The maximum absolute atomic E-state index is 11.4. The van der Waals surface area contributed by atoms with E-state index in [2.05, 4.69) is 166 Å². The van der Waals surface area contributed by atoms with Crippen LogP contribution in [-0.4, -0.2) is 19.6 Å². The van der Waals surface area contributed by atoms with Crippen LogP contribution in [0.2, 0.25) is 0 Å².